The third-order valence-electron chi connectivity index (χ3n) is 17.0. The summed E-state index contributed by atoms with van der Waals surface area (Å²) in [6.07, 6.45) is 45.5. The van der Waals surface area contributed by atoms with E-state index < -0.39 is 86.8 Å². The lowest BCUT2D eigenvalue weighted by molar-refractivity contribution is -0.359. The Bertz CT molecular complexity index is 1390. The lowest BCUT2D eigenvalue weighted by atomic mass is 9.97. The minimum atomic E-state index is -1.79. The van der Waals surface area contributed by atoms with Gasteiger partial charge in [0.05, 0.1) is 32.0 Å². The predicted molar refractivity (Wildman–Crippen MR) is 323 cm³/mol. The van der Waals surface area contributed by atoms with Crippen LogP contribution in [0, 0.1) is 0 Å². The van der Waals surface area contributed by atoms with Gasteiger partial charge in [0.1, 0.15) is 48.8 Å². The van der Waals surface area contributed by atoms with Gasteiger partial charge in [-0.15, -0.1) is 0 Å². The first-order chi connectivity index (χ1) is 39.1. The number of nitrogens with one attached hydrogen (secondary N) is 1. The molecule has 0 aromatic carbocycles. The summed E-state index contributed by atoms with van der Waals surface area (Å²) in [4.78, 5) is 13.3. The molecule has 12 unspecified atom stereocenters. The molecule has 12 atom stereocenters. The molecule has 2 saturated heterocycles. The van der Waals surface area contributed by atoms with Crippen LogP contribution in [0.15, 0.2) is 12.2 Å². The van der Waals surface area contributed by atoms with Crippen molar-refractivity contribution in [2.75, 3.05) is 19.8 Å². The van der Waals surface area contributed by atoms with Crippen molar-refractivity contribution in [3.8, 4) is 0 Å². The number of hydrogen-bond donors (Lipinski definition) is 9. The number of aliphatic hydroxyl groups excluding tert-OH is 8. The number of aliphatic hydroxyl groups is 8. The van der Waals surface area contributed by atoms with Crippen LogP contribution in [0.3, 0.4) is 0 Å². The average Bonchev–Trinajstić information content (AvgIpc) is 3.46. The lowest BCUT2D eigenvalue weighted by Gasteiger charge is -2.46. The maximum Gasteiger partial charge on any atom is 0.220 e. The first kappa shape index (κ1) is 74.8. The fourth-order valence-electron chi connectivity index (χ4n) is 11.5. The van der Waals surface area contributed by atoms with Crippen LogP contribution in [-0.4, -0.2) is 140 Å². The number of hydrogen-bond acceptors (Lipinski definition) is 13. The Hall–Kier alpha value is -1.27. The average molecular weight is 1140 g/mol. The fourth-order valence-corrected chi connectivity index (χ4v) is 11.5. The van der Waals surface area contributed by atoms with E-state index in [1.807, 2.05) is 6.08 Å². The summed E-state index contributed by atoms with van der Waals surface area (Å²) in [5, 5.41) is 87.3. The number of amides is 1. The Morgan fingerprint density at radius 2 is 0.775 bits per heavy atom. The van der Waals surface area contributed by atoms with Crippen LogP contribution >= 0.6 is 0 Å². The smallest absolute Gasteiger partial charge is 0.220 e. The van der Waals surface area contributed by atoms with E-state index >= 15 is 0 Å². The molecule has 2 aliphatic heterocycles. The molecule has 0 bridgehead atoms. The van der Waals surface area contributed by atoms with E-state index in [0.717, 1.165) is 38.5 Å². The summed E-state index contributed by atoms with van der Waals surface area (Å²) in [5.74, 6) is -0.232. The summed E-state index contributed by atoms with van der Waals surface area (Å²) in [7, 11) is 0. The maximum absolute atomic E-state index is 13.3. The Labute approximate surface area is 488 Å². The zero-order valence-corrected chi connectivity index (χ0v) is 51.4. The van der Waals surface area contributed by atoms with Crippen molar-refractivity contribution >= 4 is 5.91 Å². The van der Waals surface area contributed by atoms with E-state index in [2.05, 4.69) is 19.2 Å². The molecule has 0 radical (unpaired) electrons. The molecular formula is C66H127NO13. The van der Waals surface area contributed by atoms with Gasteiger partial charge in [-0.25, -0.2) is 0 Å². The van der Waals surface area contributed by atoms with E-state index in [-0.39, 0.29) is 18.9 Å². The minimum absolute atomic E-state index is 0.232. The first-order valence-corrected chi connectivity index (χ1v) is 33.9. The summed E-state index contributed by atoms with van der Waals surface area (Å²) in [6.45, 7) is 2.85. The number of rotatable bonds is 56. The second kappa shape index (κ2) is 52.1. The number of unbranched alkanes of at least 4 members (excludes halogenated alkanes) is 43. The number of carbonyl (C=O) groups is 1. The molecule has 2 fully saturated rings. The molecule has 0 saturated carbocycles. The summed E-state index contributed by atoms with van der Waals surface area (Å²) >= 11 is 0. The standard InChI is InChI=1S/C66H127NO13/c1-3-5-7-9-11-13-15-17-19-21-23-24-25-26-27-28-29-30-31-32-33-35-37-39-41-43-45-47-49-55(70)54(67-58(71)50-48-46-44-42-40-38-36-34-22-20-18-16-14-12-10-8-6-4-2)53-77-65-63(76)61(74)64(57(52-69)79-65)80-66-62(75)60(73)59(72)56(51-68)78-66/h47,49,54-57,59-66,68-70,72-76H,3-46,48,50-53H2,1-2H3,(H,67,71)/b49-47+. The molecule has 0 aromatic heterocycles. The van der Waals surface area contributed by atoms with Crippen LogP contribution in [0.25, 0.3) is 0 Å². The highest BCUT2D eigenvalue weighted by molar-refractivity contribution is 5.76. The van der Waals surface area contributed by atoms with Crippen molar-refractivity contribution in [2.24, 2.45) is 0 Å². The van der Waals surface area contributed by atoms with Crippen molar-refractivity contribution in [1.82, 2.24) is 5.32 Å². The number of carbonyl (C=O) groups excluding carboxylic acids is 1. The van der Waals surface area contributed by atoms with Crippen molar-refractivity contribution < 1.29 is 64.6 Å². The third-order valence-corrected chi connectivity index (χ3v) is 17.0. The van der Waals surface area contributed by atoms with E-state index in [1.54, 1.807) is 6.08 Å². The Morgan fingerprint density at radius 3 is 1.15 bits per heavy atom. The summed E-state index contributed by atoms with van der Waals surface area (Å²) in [5.41, 5.74) is 0. The van der Waals surface area contributed by atoms with Gasteiger partial charge in [-0.1, -0.05) is 296 Å². The molecule has 14 nitrogen and oxygen atoms in total. The van der Waals surface area contributed by atoms with Gasteiger partial charge in [-0.2, -0.15) is 0 Å². The van der Waals surface area contributed by atoms with Crippen molar-refractivity contribution in [3.05, 3.63) is 12.2 Å². The van der Waals surface area contributed by atoms with Crippen LogP contribution < -0.4 is 5.32 Å². The molecule has 2 aliphatic rings. The highest BCUT2D eigenvalue weighted by atomic mass is 16.7. The molecule has 1 amide bonds. The zero-order chi connectivity index (χ0) is 58.1. The Balaban J connectivity index is 1.69. The van der Waals surface area contributed by atoms with Gasteiger partial charge in [0.2, 0.25) is 5.91 Å². The van der Waals surface area contributed by atoms with Crippen molar-refractivity contribution in [1.29, 1.82) is 0 Å². The fraction of sp³-hybridized carbons (Fsp3) is 0.955. The van der Waals surface area contributed by atoms with Crippen LogP contribution in [0.2, 0.25) is 0 Å². The second-order valence-corrected chi connectivity index (χ2v) is 24.3. The summed E-state index contributed by atoms with van der Waals surface area (Å²) in [6, 6.07) is -0.910. The molecule has 474 valence electrons. The minimum Gasteiger partial charge on any atom is -0.394 e. The first-order valence-electron chi connectivity index (χ1n) is 33.9. The van der Waals surface area contributed by atoms with Gasteiger partial charge in [0, 0.05) is 6.42 Å². The largest absolute Gasteiger partial charge is 0.394 e. The number of ether oxygens (including phenoxy) is 4. The van der Waals surface area contributed by atoms with Gasteiger partial charge < -0.3 is 65.1 Å². The van der Waals surface area contributed by atoms with Crippen LogP contribution in [0.4, 0.5) is 0 Å². The molecule has 0 aromatic rings. The molecule has 9 N–H and O–H groups in total. The van der Waals surface area contributed by atoms with Crippen molar-refractivity contribution in [2.45, 2.75) is 383 Å². The van der Waals surface area contributed by atoms with Gasteiger partial charge in [-0.05, 0) is 19.3 Å². The topological polar surface area (TPSA) is 228 Å². The Kier molecular flexibility index (Phi) is 48.7. The quantitative estimate of drug-likeness (QED) is 0.0204. The van der Waals surface area contributed by atoms with Gasteiger partial charge >= 0.3 is 0 Å². The third kappa shape index (κ3) is 36.5. The monoisotopic (exact) mass is 1140 g/mol. The van der Waals surface area contributed by atoms with Gasteiger partial charge in [-0.3, -0.25) is 4.79 Å². The number of allylic oxidation sites excluding steroid dienone is 1. The van der Waals surface area contributed by atoms with Crippen LogP contribution in [0.5, 0.6) is 0 Å². The SMILES string of the molecule is CCCCCCCCCCCCCCCCCCCCCCCCCCCC/C=C/C(O)C(COC1OC(CO)C(OC2OC(CO)C(O)C(O)C2O)C(O)C1O)NC(=O)CCCCCCCCCCCCCCCCCCCC. The molecule has 0 spiro atoms. The maximum atomic E-state index is 13.3. The van der Waals surface area contributed by atoms with E-state index in [0.29, 0.717) is 6.42 Å². The normalized spacial score (nSPS) is 24.2. The van der Waals surface area contributed by atoms with E-state index in [9.17, 15) is 45.6 Å². The molecule has 14 heteroatoms. The molecular weight excluding hydrogens is 1010 g/mol. The van der Waals surface area contributed by atoms with Gasteiger partial charge in [0.25, 0.3) is 0 Å². The van der Waals surface area contributed by atoms with E-state index in [1.165, 1.54) is 244 Å². The molecule has 0 aliphatic carbocycles. The zero-order valence-electron chi connectivity index (χ0n) is 51.4. The van der Waals surface area contributed by atoms with Gasteiger partial charge in [0.15, 0.2) is 12.6 Å². The molecule has 80 heavy (non-hydrogen) atoms. The molecule has 2 rings (SSSR count). The predicted octanol–water partition coefficient (Wildman–Crippen LogP) is 13.0. The summed E-state index contributed by atoms with van der Waals surface area (Å²) < 4.78 is 22.8. The van der Waals surface area contributed by atoms with Crippen LogP contribution in [-0.2, 0) is 23.7 Å². The Morgan fingerprint density at radius 1 is 0.438 bits per heavy atom. The second-order valence-electron chi connectivity index (χ2n) is 24.3. The highest BCUT2D eigenvalue weighted by Gasteiger charge is 2.51. The lowest BCUT2D eigenvalue weighted by Crippen LogP contribution is -2.65. The van der Waals surface area contributed by atoms with Crippen molar-refractivity contribution in [3.63, 3.8) is 0 Å². The van der Waals surface area contributed by atoms with Crippen LogP contribution in [0.1, 0.15) is 309 Å². The highest BCUT2D eigenvalue weighted by Crippen LogP contribution is 2.30. The van der Waals surface area contributed by atoms with E-state index in [4.69, 9.17) is 18.9 Å². The molecule has 2 heterocycles.